The highest BCUT2D eigenvalue weighted by Gasteiger charge is 2.28. The molecule has 3 heteroatoms. The van der Waals surface area contributed by atoms with E-state index >= 15 is 0 Å². The first-order chi connectivity index (χ1) is 8.66. The Morgan fingerprint density at radius 3 is 2.50 bits per heavy atom. The molecular weight excluding hydrogens is 226 g/mol. The first-order valence-electron chi connectivity index (χ1n) is 6.39. The van der Waals surface area contributed by atoms with Crippen LogP contribution in [0.25, 0.3) is 0 Å². The molecule has 18 heavy (non-hydrogen) atoms. The second kappa shape index (κ2) is 7.29. The number of likely N-dealkylation sites (N-methyl/N-ethyl adjacent to an activating group) is 1. The van der Waals surface area contributed by atoms with Crippen LogP contribution in [0.15, 0.2) is 30.3 Å². The van der Waals surface area contributed by atoms with Gasteiger partial charge < -0.3 is 14.4 Å². The zero-order valence-electron chi connectivity index (χ0n) is 11.6. The summed E-state index contributed by atoms with van der Waals surface area (Å²) < 4.78 is 5.10. The summed E-state index contributed by atoms with van der Waals surface area (Å²) in [4.78, 5) is 13.7. The van der Waals surface area contributed by atoms with Gasteiger partial charge in [0.2, 0.25) is 0 Å². The maximum Gasteiger partial charge on any atom is 0.131 e. The maximum absolute atomic E-state index is 11.5. The van der Waals surface area contributed by atoms with Gasteiger partial charge in [-0.3, -0.25) is 0 Å². The van der Waals surface area contributed by atoms with Gasteiger partial charge in [-0.25, -0.2) is 0 Å². The number of carbonyl (C=O) groups excluding carboxylic acids is 1. The van der Waals surface area contributed by atoms with Crippen LogP contribution in [0.4, 0.5) is 0 Å². The van der Waals surface area contributed by atoms with E-state index in [-0.39, 0.29) is 0 Å². The molecule has 0 bridgehead atoms. The van der Waals surface area contributed by atoms with Crippen molar-refractivity contribution < 1.29 is 9.53 Å². The van der Waals surface area contributed by atoms with Gasteiger partial charge in [-0.05, 0) is 19.0 Å². The lowest BCUT2D eigenvalue weighted by Crippen LogP contribution is -2.41. The predicted octanol–water partition coefficient (Wildman–Crippen LogP) is 2.11. The number of rotatable bonds is 8. The molecule has 0 aliphatic carbocycles. The van der Waals surface area contributed by atoms with Crippen molar-refractivity contribution in [3.8, 4) is 0 Å². The molecule has 1 aromatic rings. The Bertz CT molecular complexity index is 353. The molecule has 1 unspecified atom stereocenters. The molecule has 1 rings (SSSR count). The minimum Gasteiger partial charge on any atom is -0.383 e. The normalized spacial score (nSPS) is 14.4. The molecule has 0 aromatic heterocycles. The van der Waals surface area contributed by atoms with Crippen LogP contribution in [-0.4, -0.2) is 44.5 Å². The number of aldehydes is 1. The molecule has 0 spiro atoms. The van der Waals surface area contributed by atoms with Crippen molar-refractivity contribution in [1.82, 2.24) is 4.90 Å². The van der Waals surface area contributed by atoms with E-state index in [9.17, 15) is 4.79 Å². The van der Waals surface area contributed by atoms with Gasteiger partial charge in [0.1, 0.15) is 6.29 Å². The summed E-state index contributed by atoms with van der Waals surface area (Å²) >= 11 is 0. The van der Waals surface area contributed by atoms with E-state index in [0.717, 1.165) is 31.5 Å². The van der Waals surface area contributed by atoms with Gasteiger partial charge in [-0.15, -0.1) is 0 Å². The molecule has 0 fully saturated rings. The Labute approximate surface area is 110 Å². The molecule has 0 radical (unpaired) electrons. The van der Waals surface area contributed by atoms with Crippen LogP contribution in [0.2, 0.25) is 0 Å². The van der Waals surface area contributed by atoms with Gasteiger partial charge in [0.25, 0.3) is 0 Å². The highest BCUT2D eigenvalue weighted by molar-refractivity contribution is 5.68. The van der Waals surface area contributed by atoms with E-state index in [1.165, 1.54) is 0 Å². The van der Waals surface area contributed by atoms with Crippen LogP contribution < -0.4 is 0 Å². The van der Waals surface area contributed by atoms with Crippen molar-refractivity contribution in [2.75, 3.05) is 33.4 Å². The van der Waals surface area contributed by atoms with E-state index in [1.54, 1.807) is 7.11 Å². The van der Waals surface area contributed by atoms with E-state index < -0.39 is 5.41 Å². The SMILES string of the molecule is CCN(CCOC)CC(C)(C=O)c1ccccc1. The third-order valence-electron chi connectivity index (χ3n) is 3.30. The Morgan fingerprint density at radius 2 is 2.00 bits per heavy atom. The van der Waals surface area contributed by atoms with E-state index in [4.69, 9.17) is 4.74 Å². The van der Waals surface area contributed by atoms with Gasteiger partial charge >= 0.3 is 0 Å². The fourth-order valence-electron chi connectivity index (χ4n) is 2.05. The zero-order chi connectivity index (χ0) is 13.4. The zero-order valence-corrected chi connectivity index (χ0v) is 11.6. The third kappa shape index (κ3) is 3.93. The molecule has 0 saturated carbocycles. The summed E-state index contributed by atoms with van der Waals surface area (Å²) in [7, 11) is 1.70. The van der Waals surface area contributed by atoms with Gasteiger partial charge in [0.15, 0.2) is 0 Å². The standard InChI is InChI=1S/C15H23NO2/c1-4-16(10-11-18-3)12-15(2,13-17)14-8-6-5-7-9-14/h5-9,13H,4,10-12H2,1-3H3. The molecule has 0 aliphatic rings. The molecule has 1 atom stereocenters. The molecule has 0 saturated heterocycles. The van der Waals surface area contributed by atoms with Crippen LogP contribution in [0.5, 0.6) is 0 Å². The monoisotopic (exact) mass is 249 g/mol. The molecule has 1 aromatic carbocycles. The summed E-state index contributed by atoms with van der Waals surface area (Å²) in [6.45, 7) is 7.28. The first-order valence-corrected chi connectivity index (χ1v) is 6.39. The second-order valence-electron chi connectivity index (χ2n) is 4.76. The minimum atomic E-state index is -0.453. The lowest BCUT2D eigenvalue weighted by Gasteiger charge is -2.31. The fraction of sp³-hybridized carbons (Fsp3) is 0.533. The first kappa shape index (κ1) is 14.9. The molecule has 0 amide bonds. The summed E-state index contributed by atoms with van der Waals surface area (Å²) in [6, 6.07) is 9.94. The van der Waals surface area contributed by atoms with Crippen LogP contribution in [0.3, 0.4) is 0 Å². The number of hydrogen-bond donors (Lipinski definition) is 0. The molecule has 0 heterocycles. The Morgan fingerprint density at radius 1 is 1.33 bits per heavy atom. The highest BCUT2D eigenvalue weighted by atomic mass is 16.5. The minimum absolute atomic E-state index is 0.453. The van der Waals surface area contributed by atoms with Crippen LogP contribution in [-0.2, 0) is 14.9 Å². The molecular formula is C15H23NO2. The summed E-state index contributed by atoms with van der Waals surface area (Å²) in [5, 5.41) is 0. The largest absolute Gasteiger partial charge is 0.383 e. The average Bonchev–Trinajstić information content (AvgIpc) is 2.44. The lowest BCUT2D eigenvalue weighted by atomic mass is 9.83. The average molecular weight is 249 g/mol. The van der Waals surface area contributed by atoms with Crippen LogP contribution in [0, 0.1) is 0 Å². The quantitative estimate of drug-likeness (QED) is 0.661. The van der Waals surface area contributed by atoms with E-state index in [0.29, 0.717) is 6.61 Å². The second-order valence-corrected chi connectivity index (χ2v) is 4.76. The van der Waals surface area contributed by atoms with E-state index in [1.807, 2.05) is 37.3 Å². The topological polar surface area (TPSA) is 29.5 Å². The third-order valence-corrected chi connectivity index (χ3v) is 3.30. The van der Waals surface area contributed by atoms with Crippen molar-refractivity contribution in [3.05, 3.63) is 35.9 Å². The maximum atomic E-state index is 11.5. The Balaban J connectivity index is 2.78. The van der Waals surface area contributed by atoms with Crippen LogP contribution in [0.1, 0.15) is 19.4 Å². The number of hydrogen-bond acceptors (Lipinski definition) is 3. The Kier molecular flexibility index (Phi) is 6.02. The molecule has 0 aliphatic heterocycles. The molecule has 0 N–H and O–H groups in total. The number of ether oxygens (including phenoxy) is 1. The summed E-state index contributed by atoms with van der Waals surface area (Å²) in [5.41, 5.74) is 0.612. The van der Waals surface area contributed by atoms with E-state index in [2.05, 4.69) is 11.8 Å². The smallest absolute Gasteiger partial charge is 0.131 e. The predicted molar refractivity (Wildman–Crippen MR) is 73.8 cm³/mol. The molecule has 100 valence electrons. The molecule has 3 nitrogen and oxygen atoms in total. The number of carbonyl (C=O) groups is 1. The number of benzene rings is 1. The van der Waals surface area contributed by atoms with Crippen molar-refractivity contribution in [2.24, 2.45) is 0 Å². The van der Waals surface area contributed by atoms with Gasteiger partial charge in [-0.2, -0.15) is 0 Å². The summed E-state index contributed by atoms with van der Waals surface area (Å²) in [5.74, 6) is 0. The van der Waals surface area contributed by atoms with Gasteiger partial charge in [0.05, 0.1) is 12.0 Å². The lowest BCUT2D eigenvalue weighted by molar-refractivity contribution is -0.112. The van der Waals surface area contributed by atoms with Gasteiger partial charge in [-0.1, -0.05) is 37.3 Å². The highest BCUT2D eigenvalue weighted by Crippen LogP contribution is 2.22. The number of methoxy groups -OCH3 is 1. The summed E-state index contributed by atoms with van der Waals surface area (Å²) in [6.07, 6.45) is 1.05. The van der Waals surface area contributed by atoms with Gasteiger partial charge in [0, 0.05) is 20.2 Å². The van der Waals surface area contributed by atoms with Crippen molar-refractivity contribution in [3.63, 3.8) is 0 Å². The number of nitrogens with zero attached hydrogens (tertiary/aromatic N) is 1. The van der Waals surface area contributed by atoms with Crippen molar-refractivity contribution in [1.29, 1.82) is 0 Å². The fourth-order valence-corrected chi connectivity index (χ4v) is 2.05. The van der Waals surface area contributed by atoms with Crippen molar-refractivity contribution >= 4 is 6.29 Å². The van der Waals surface area contributed by atoms with Crippen molar-refractivity contribution in [2.45, 2.75) is 19.3 Å². The Hall–Kier alpha value is -1.19. The van der Waals surface area contributed by atoms with Crippen LogP contribution >= 0.6 is 0 Å².